The lowest BCUT2D eigenvalue weighted by molar-refractivity contribution is -0.140. The molecule has 0 spiro atoms. The Morgan fingerprint density at radius 3 is 2.31 bits per heavy atom. The molecule has 0 radical (unpaired) electrons. The first-order valence-electron chi connectivity index (χ1n) is 12.8. The van der Waals surface area contributed by atoms with Gasteiger partial charge >= 0.3 is 0 Å². The topological polar surface area (TPSA) is 79.3 Å². The molecule has 1 unspecified atom stereocenters. The lowest BCUT2D eigenvalue weighted by Gasteiger charge is -2.31. The van der Waals surface area contributed by atoms with Crippen LogP contribution >= 0.6 is 0 Å². The van der Waals surface area contributed by atoms with E-state index in [1.807, 2.05) is 31.2 Å². The van der Waals surface area contributed by atoms with Gasteiger partial charge in [-0.3, -0.25) is 14.5 Å². The summed E-state index contributed by atoms with van der Waals surface area (Å²) in [5.41, 5.74) is 2.59. The number of morpholine rings is 1. The van der Waals surface area contributed by atoms with Crippen LogP contribution in [-0.2, 0) is 14.3 Å². The first kappa shape index (κ1) is 25.9. The van der Waals surface area contributed by atoms with E-state index < -0.39 is 17.7 Å². The van der Waals surface area contributed by atoms with Crippen LogP contribution in [0.25, 0.3) is 5.76 Å². The molecule has 0 aromatic heterocycles. The maximum atomic E-state index is 13.3. The number of Topliss-reactive ketones (excluding diaryl/α,β-unsaturated/α-hetero) is 1. The van der Waals surface area contributed by atoms with E-state index in [0.717, 1.165) is 25.1 Å². The summed E-state index contributed by atoms with van der Waals surface area (Å²) in [7, 11) is 0. The molecule has 1 amide bonds. The SMILES string of the molecule is CCCOc1ccc(/C(O)=C2\C(=O)C(=O)N(CCN3CCOCC3)C2c2ccc(C(C)C)cc2)cc1. The van der Waals surface area contributed by atoms with Crippen molar-refractivity contribution in [3.63, 3.8) is 0 Å². The van der Waals surface area contributed by atoms with Crippen LogP contribution in [0.1, 0.15) is 55.8 Å². The first-order valence-corrected chi connectivity index (χ1v) is 12.8. The third kappa shape index (κ3) is 5.63. The van der Waals surface area contributed by atoms with E-state index in [4.69, 9.17) is 9.47 Å². The van der Waals surface area contributed by atoms with E-state index in [-0.39, 0.29) is 11.3 Å². The fourth-order valence-electron chi connectivity index (χ4n) is 4.68. The van der Waals surface area contributed by atoms with Gasteiger partial charge in [0.1, 0.15) is 11.5 Å². The van der Waals surface area contributed by atoms with Crippen LogP contribution in [0.2, 0.25) is 0 Å². The van der Waals surface area contributed by atoms with Crippen LogP contribution in [-0.4, -0.2) is 72.6 Å². The van der Waals surface area contributed by atoms with Crippen molar-refractivity contribution >= 4 is 17.4 Å². The third-order valence-corrected chi connectivity index (χ3v) is 6.82. The number of carbonyl (C=O) groups excluding carboxylic acids is 2. The van der Waals surface area contributed by atoms with Crippen molar-refractivity contribution in [1.29, 1.82) is 0 Å². The van der Waals surface area contributed by atoms with Crippen LogP contribution < -0.4 is 4.74 Å². The Morgan fingerprint density at radius 2 is 1.69 bits per heavy atom. The minimum absolute atomic E-state index is 0.126. The lowest BCUT2D eigenvalue weighted by atomic mass is 9.93. The molecule has 2 aromatic rings. The molecule has 2 heterocycles. The summed E-state index contributed by atoms with van der Waals surface area (Å²) < 4.78 is 11.1. The molecule has 0 aliphatic carbocycles. The Bertz CT molecular complexity index is 1090. The van der Waals surface area contributed by atoms with Gasteiger partial charge in [0.2, 0.25) is 0 Å². The number of benzene rings is 2. The predicted octanol–water partition coefficient (Wildman–Crippen LogP) is 4.35. The van der Waals surface area contributed by atoms with Crippen molar-refractivity contribution in [2.24, 2.45) is 0 Å². The Hall–Kier alpha value is -3.16. The van der Waals surface area contributed by atoms with E-state index in [9.17, 15) is 14.7 Å². The van der Waals surface area contributed by atoms with Crippen molar-refractivity contribution in [2.45, 2.75) is 39.2 Å². The molecular weight excluding hydrogens is 456 g/mol. The molecule has 1 atom stereocenters. The number of likely N-dealkylation sites (tertiary alicyclic amines) is 1. The minimum atomic E-state index is -0.654. The van der Waals surface area contributed by atoms with Crippen LogP contribution in [0, 0.1) is 0 Å². The van der Waals surface area contributed by atoms with Gasteiger partial charge in [0.15, 0.2) is 0 Å². The third-order valence-electron chi connectivity index (χ3n) is 6.82. The number of carbonyl (C=O) groups is 2. The number of hydrogen-bond donors (Lipinski definition) is 1. The molecule has 192 valence electrons. The highest BCUT2D eigenvalue weighted by atomic mass is 16.5. The van der Waals surface area contributed by atoms with E-state index in [0.29, 0.717) is 50.1 Å². The fraction of sp³-hybridized carbons (Fsp3) is 0.448. The van der Waals surface area contributed by atoms with Gasteiger partial charge in [-0.25, -0.2) is 0 Å². The molecule has 7 heteroatoms. The van der Waals surface area contributed by atoms with Gasteiger partial charge < -0.3 is 19.5 Å². The molecule has 2 aliphatic heterocycles. The quantitative estimate of drug-likeness (QED) is 0.319. The lowest BCUT2D eigenvalue weighted by Crippen LogP contribution is -2.42. The van der Waals surface area contributed by atoms with E-state index in [2.05, 4.69) is 18.7 Å². The standard InChI is InChI=1S/C29H36N2O5/c1-4-17-36-24-11-9-23(10-12-24)27(32)25-26(22-7-5-21(6-8-22)20(2)3)31(29(34)28(25)33)14-13-30-15-18-35-19-16-30/h5-12,20,26,32H,4,13-19H2,1-3H3/b27-25+. The van der Waals surface area contributed by atoms with E-state index in [1.165, 1.54) is 5.56 Å². The smallest absolute Gasteiger partial charge is 0.295 e. The van der Waals surface area contributed by atoms with Crippen molar-refractivity contribution < 1.29 is 24.2 Å². The Labute approximate surface area is 213 Å². The van der Waals surface area contributed by atoms with E-state index in [1.54, 1.807) is 29.2 Å². The number of hydrogen-bond acceptors (Lipinski definition) is 6. The molecule has 2 aromatic carbocycles. The zero-order valence-electron chi connectivity index (χ0n) is 21.4. The summed E-state index contributed by atoms with van der Waals surface area (Å²) >= 11 is 0. The van der Waals surface area contributed by atoms with Gasteiger partial charge in [0.25, 0.3) is 11.7 Å². The number of rotatable bonds is 9. The average Bonchev–Trinajstić information content (AvgIpc) is 3.16. The van der Waals surface area contributed by atoms with Crippen LogP contribution in [0.3, 0.4) is 0 Å². The molecule has 0 bridgehead atoms. The normalized spacial score (nSPS) is 20.3. The average molecular weight is 493 g/mol. The second kappa shape index (κ2) is 11.7. The van der Waals surface area contributed by atoms with Crippen LogP contribution in [0.5, 0.6) is 5.75 Å². The minimum Gasteiger partial charge on any atom is -0.507 e. The maximum Gasteiger partial charge on any atom is 0.295 e. The Balaban J connectivity index is 1.69. The molecule has 2 saturated heterocycles. The summed E-state index contributed by atoms with van der Waals surface area (Å²) in [5.74, 6) is -0.341. The molecule has 0 saturated carbocycles. The van der Waals surface area contributed by atoms with Gasteiger partial charge in [0, 0.05) is 31.7 Å². The number of ketones is 1. The molecule has 1 N–H and O–H groups in total. The van der Waals surface area contributed by atoms with Crippen LogP contribution in [0.15, 0.2) is 54.1 Å². The first-order chi connectivity index (χ1) is 17.4. The van der Waals surface area contributed by atoms with Gasteiger partial charge in [-0.15, -0.1) is 0 Å². The van der Waals surface area contributed by atoms with Crippen molar-refractivity contribution in [2.75, 3.05) is 46.0 Å². The Kier molecular flexibility index (Phi) is 8.44. The molecule has 7 nitrogen and oxygen atoms in total. The summed E-state index contributed by atoms with van der Waals surface area (Å²) in [5, 5.41) is 11.3. The highest BCUT2D eigenvalue weighted by molar-refractivity contribution is 6.46. The highest BCUT2D eigenvalue weighted by Gasteiger charge is 2.46. The zero-order valence-corrected chi connectivity index (χ0v) is 21.4. The zero-order chi connectivity index (χ0) is 25.7. The maximum absolute atomic E-state index is 13.3. The Morgan fingerprint density at radius 1 is 1.03 bits per heavy atom. The highest BCUT2D eigenvalue weighted by Crippen LogP contribution is 2.39. The van der Waals surface area contributed by atoms with Crippen molar-refractivity contribution in [1.82, 2.24) is 9.80 Å². The van der Waals surface area contributed by atoms with Gasteiger partial charge in [-0.1, -0.05) is 45.0 Å². The largest absolute Gasteiger partial charge is 0.507 e. The summed E-state index contributed by atoms with van der Waals surface area (Å²) in [4.78, 5) is 30.3. The van der Waals surface area contributed by atoms with Gasteiger partial charge in [-0.05, 0) is 47.7 Å². The number of ether oxygens (including phenoxy) is 2. The summed E-state index contributed by atoms with van der Waals surface area (Å²) in [6.07, 6.45) is 0.894. The van der Waals surface area contributed by atoms with E-state index >= 15 is 0 Å². The molecule has 2 aliphatic rings. The second-order valence-electron chi connectivity index (χ2n) is 9.64. The molecule has 36 heavy (non-hydrogen) atoms. The molecule has 2 fully saturated rings. The second-order valence-corrected chi connectivity index (χ2v) is 9.64. The number of aliphatic hydroxyl groups is 1. The fourth-order valence-corrected chi connectivity index (χ4v) is 4.68. The van der Waals surface area contributed by atoms with Crippen LogP contribution in [0.4, 0.5) is 0 Å². The van der Waals surface area contributed by atoms with Gasteiger partial charge in [0.05, 0.1) is 31.4 Å². The molecule has 4 rings (SSSR count). The summed E-state index contributed by atoms with van der Waals surface area (Å²) in [6.45, 7) is 10.8. The number of nitrogens with zero attached hydrogens (tertiary/aromatic N) is 2. The van der Waals surface area contributed by atoms with Crippen molar-refractivity contribution in [3.05, 3.63) is 70.8 Å². The summed E-state index contributed by atoms with van der Waals surface area (Å²) in [6, 6.07) is 14.3. The predicted molar refractivity (Wildman–Crippen MR) is 139 cm³/mol. The monoisotopic (exact) mass is 492 g/mol. The van der Waals surface area contributed by atoms with Gasteiger partial charge in [-0.2, -0.15) is 0 Å². The number of amides is 1. The number of aliphatic hydroxyl groups excluding tert-OH is 1. The molecular formula is C29H36N2O5. The van der Waals surface area contributed by atoms with Crippen molar-refractivity contribution in [3.8, 4) is 5.75 Å².